The summed E-state index contributed by atoms with van der Waals surface area (Å²) in [7, 11) is 0. The fourth-order valence-corrected chi connectivity index (χ4v) is 4.69. The number of aryl methyl sites for hydroxylation is 1. The Hall–Kier alpha value is -3.19. The summed E-state index contributed by atoms with van der Waals surface area (Å²) in [5.41, 5.74) is 3.19. The minimum atomic E-state index is -0.532. The number of azo groups is 1. The van der Waals surface area contributed by atoms with Crippen molar-refractivity contribution < 1.29 is 9.41 Å². The molecule has 9 heteroatoms. The number of nitriles is 1. The third kappa shape index (κ3) is 5.25. The van der Waals surface area contributed by atoms with E-state index in [2.05, 4.69) is 33.4 Å². The summed E-state index contributed by atoms with van der Waals surface area (Å²) in [5.74, 6) is 0. The van der Waals surface area contributed by atoms with Gasteiger partial charge in [0.25, 0.3) is 5.69 Å². The van der Waals surface area contributed by atoms with Crippen LogP contribution in [0.25, 0.3) is 0 Å². The predicted octanol–water partition coefficient (Wildman–Crippen LogP) is 3.99. The van der Waals surface area contributed by atoms with Gasteiger partial charge in [0.1, 0.15) is 11.8 Å². The lowest BCUT2D eigenvalue weighted by Gasteiger charge is -2.50. The first-order chi connectivity index (χ1) is 15.9. The van der Waals surface area contributed by atoms with E-state index in [0.29, 0.717) is 11.4 Å². The molecule has 0 radical (unpaired) electrons. The standard InChI is InChI=1S/C24H30N7O2/c1-18-15-20(19(2)26-7-11-31-12-8-29(9-13-31)10-14-31)3-5-23(18)27-28-24-6-4-22(30(32)33)16-21(24)17-25/h3-6,15-16,19,26H,7-14H2,1-2H3/q+1. The smallest absolute Gasteiger partial charge is 0.270 e. The molecular formula is C24H30N7O2+. The molecule has 2 bridgehead atoms. The molecule has 5 rings (SSSR count). The number of fused-ring (bicyclic) bond motifs is 3. The maximum atomic E-state index is 10.9. The Balaban J connectivity index is 1.37. The molecule has 1 N–H and O–H groups in total. The lowest BCUT2D eigenvalue weighted by atomic mass is 10.0. The SMILES string of the molecule is Cc1cc(C(C)NCC[N+]23CCN(CC2)CC3)ccc1N=Nc1ccc([N+](=O)[O-])cc1C#N. The van der Waals surface area contributed by atoms with Crippen LogP contribution in [-0.2, 0) is 0 Å². The Morgan fingerprint density at radius 3 is 2.45 bits per heavy atom. The normalized spacial score (nSPS) is 22.9. The van der Waals surface area contributed by atoms with Gasteiger partial charge in [0, 0.05) is 44.4 Å². The van der Waals surface area contributed by atoms with Crippen molar-refractivity contribution in [1.29, 1.82) is 5.26 Å². The van der Waals surface area contributed by atoms with E-state index in [0.717, 1.165) is 12.1 Å². The average Bonchev–Trinajstić information content (AvgIpc) is 2.84. The van der Waals surface area contributed by atoms with E-state index < -0.39 is 4.92 Å². The van der Waals surface area contributed by atoms with E-state index in [9.17, 15) is 15.4 Å². The van der Waals surface area contributed by atoms with Crippen LogP contribution in [-0.4, -0.2) is 66.7 Å². The van der Waals surface area contributed by atoms with Crippen LogP contribution in [0.2, 0.25) is 0 Å². The van der Waals surface area contributed by atoms with E-state index in [1.165, 1.54) is 74.1 Å². The molecule has 1 atom stereocenters. The first kappa shape index (κ1) is 23.0. The zero-order valence-corrected chi connectivity index (χ0v) is 19.2. The number of benzene rings is 2. The second-order valence-corrected chi connectivity index (χ2v) is 9.07. The van der Waals surface area contributed by atoms with Gasteiger partial charge in [0.05, 0.1) is 42.4 Å². The fraction of sp³-hybridized carbons (Fsp3) is 0.458. The predicted molar refractivity (Wildman–Crippen MR) is 126 cm³/mol. The molecular weight excluding hydrogens is 418 g/mol. The second-order valence-electron chi connectivity index (χ2n) is 9.07. The van der Waals surface area contributed by atoms with Gasteiger partial charge in [-0.05, 0) is 37.1 Å². The highest BCUT2D eigenvalue weighted by atomic mass is 16.6. The lowest BCUT2D eigenvalue weighted by Crippen LogP contribution is -2.68. The summed E-state index contributed by atoms with van der Waals surface area (Å²) >= 11 is 0. The lowest BCUT2D eigenvalue weighted by molar-refractivity contribution is -0.939. The molecule has 0 aromatic heterocycles. The molecule has 3 heterocycles. The molecule has 3 aliphatic heterocycles. The van der Waals surface area contributed by atoms with Crippen LogP contribution in [0.1, 0.15) is 29.7 Å². The van der Waals surface area contributed by atoms with Crippen LogP contribution in [0.4, 0.5) is 17.1 Å². The molecule has 33 heavy (non-hydrogen) atoms. The van der Waals surface area contributed by atoms with E-state index in [1.54, 1.807) is 0 Å². The molecule has 3 aliphatic rings. The number of hydrogen-bond acceptors (Lipinski definition) is 7. The van der Waals surface area contributed by atoms with E-state index in [1.807, 2.05) is 25.1 Å². The number of hydrogen-bond donors (Lipinski definition) is 1. The van der Waals surface area contributed by atoms with Crippen LogP contribution < -0.4 is 5.32 Å². The maximum absolute atomic E-state index is 10.9. The Morgan fingerprint density at radius 2 is 1.82 bits per heavy atom. The van der Waals surface area contributed by atoms with Gasteiger partial charge in [-0.15, -0.1) is 5.11 Å². The number of non-ortho nitro benzene ring substituents is 1. The third-order valence-electron chi connectivity index (χ3n) is 7.01. The quantitative estimate of drug-likeness (QED) is 0.284. The summed E-state index contributed by atoms with van der Waals surface area (Å²) in [6.07, 6.45) is 0. The third-order valence-corrected chi connectivity index (χ3v) is 7.01. The van der Waals surface area contributed by atoms with Crippen LogP contribution in [0.15, 0.2) is 46.6 Å². The van der Waals surface area contributed by atoms with Crippen molar-refractivity contribution in [3.63, 3.8) is 0 Å². The number of nitrogens with one attached hydrogen (secondary N) is 1. The minimum absolute atomic E-state index is 0.126. The fourth-order valence-electron chi connectivity index (χ4n) is 4.69. The topological polar surface area (TPSA) is 107 Å². The Morgan fingerprint density at radius 1 is 1.15 bits per heavy atom. The van der Waals surface area contributed by atoms with Crippen molar-refractivity contribution in [2.75, 3.05) is 52.4 Å². The summed E-state index contributed by atoms with van der Waals surface area (Å²) in [6, 6.07) is 12.3. The molecule has 2 aromatic carbocycles. The van der Waals surface area contributed by atoms with Crippen molar-refractivity contribution in [1.82, 2.24) is 10.2 Å². The molecule has 9 nitrogen and oxygen atoms in total. The zero-order valence-electron chi connectivity index (χ0n) is 19.2. The van der Waals surface area contributed by atoms with E-state index >= 15 is 0 Å². The number of nitrogens with zero attached hydrogens (tertiary/aromatic N) is 6. The number of rotatable bonds is 8. The average molecular weight is 449 g/mol. The van der Waals surface area contributed by atoms with Gasteiger partial charge >= 0.3 is 0 Å². The summed E-state index contributed by atoms with van der Waals surface area (Å²) < 4.78 is 1.25. The monoisotopic (exact) mass is 448 g/mol. The van der Waals surface area contributed by atoms with Crippen molar-refractivity contribution in [3.05, 3.63) is 63.2 Å². The zero-order chi connectivity index (χ0) is 23.4. The Labute approximate surface area is 194 Å². The number of piperazine rings is 3. The molecule has 0 saturated carbocycles. The van der Waals surface area contributed by atoms with Crippen molar-refractivity contribution >= 4 is 17.1 Å². The van der Waals surface area contributed by atoms with Crippen molar-refractivity contribution in [2.24, 2.45) is 10.2 Å². The van der Waals surface area contributed by atoms with Gasteiger partial charge in [0.15, 0.2) is 0 Å². The molecule has 1 unspecified atom stereocenters. The summed E-state index contributed by atoms with van der Waals surface area (Å²) in [6.45, 7) is 13.9. The molecule has 3 saturated heterocycles. The molecule has 0 spiro atoms. The van der Waals surface area contributed by atoms with Crippen molar-refractivity contribution in [2.45, 2.75) is 19.9 Å². The van der Waals surface area contributed by atoms with E-state index in [4.69, 9.17) is 0 Å². The molecule has 0 aliphatic carbocycles. The highest BCUT2D eigenvalue weighted by Gasteiger charge is 2.37. The van der Waals surface area contributed by atoms with Crippen molar-refractivity contribution in [3.8, 4) is 6.07 Å². The molecule has 3 fully saturated rings. The Kier molecular flexibility index (Phi) is 6.79. The van der Waals surface area contributed by atoms with Crippen LogP contribution in [0, 0.1) is 28.4 Å². The number of nitro benzene ring substituents is 1. The van der Waals surface area contributed by atoms with E-state index in [-0.39, 0.29) is 17.3 Å². The highest BCUT2D eigenvalue weighted by molar-refractivity contribution is 5.58. The second kappa shape index (κ2) is 9.75. The van der Waals surface area contributed by atoms with Crippen LogP contribution in [0.3, 0.4) is 0 Å². The van der Waals surface area contributed by atoms with Gasteiger partial charge in [-0.2, -0.15) is 10.4 Å². The summed E-state index contributed by atoms with van der Waals surface area (Å²) in [4.78, 5) is 12.9. The maximum Gasteiger partial charge on any atom is 0.270 e. The number of nitro groups is 1. The minimum Gasteiger partial charge on any atom is -0.319 e. The van der Waals surface area contributed by atoms with Gasteiger partial charge in [-0.3, -0.25) is 15.0 Å². The first-order valence-electron chi connectivity index (χ1n) is 11.4. The van der Waals surface area contributed by atoms with Crippen LogP contribution in [0.5, 0.6) is 0 Å². The number of quaternary nitrogens is 1. The summed E-state index contributed by atoms with van der Waals surface area (Å²) in [5, 5.41) is 32.3. The highest BCUT2D eigenvalue weighted by Crippen LogP contribution is 2.28. The molecule has 0 amide bonds. The molecule has 2 aromatic rings. The van der Waals surface area contributed by atoms with Gasteiger partial charge in [-0.25, -0.2) is 0 Å². The van der Waals surface area contributed by atoms with Crippen LogP contribution >= 0.6 is 0 Å². The Bertz CT molecular complexity index is 1090. The van der Waals surface area contributed by atoms with Gasteiger partial charge < -0.3 is 9.80 Å². The molecule has 172 valence electrons. The van der Waals surface area contributed by atoms with Gasteiger partial charge in [-0.1, -0.05) is 12.1 Å². The van der Waals surface area contributed by atoms with Gasteiger partial charge in [0.2, 0.25) is 0 Å². The first-order valence-corrected chi connectivity index (χ1v) is 11.4. The largest absolute Gasteiger partial charge is 0.319 e.